The van der Waals surface area contributed by atoms with Crippen LogP contribution in [0.3, 0.4) is 0 Å². The normalized spacial score (nSPS) is 11.3. The lowest BCUT2D eigenvalue weighted by Crippen LogP contribution is -2.26. The maximum atomic E-state index is 12.9. The van der Waals surface area contributed by atoms with Crippen molar-refractivity contribution in [3.05, 3.63) is 41.5 Å². The average molecular weight is 298 g/mol. The Morgan fingerprint density at radius 2 is 2.10 bits per heavy atom. The molecule has 0 spiro atoms. The molecule has 0 unspecified atom stereocenters. The monoisotopic (exact) mass is 298 g/mol. The van der Waals surface area contributed by atoms with Crippen molar-refractivity contribution >= 4 is 0 Å². The van der Waals surface area contributed by atoms with Gasteiger partial charge in [0.1, 0.15) is 12.4 Å². The van der Waals surface area contributed by atoms with E-state index in [1.54, 1.807) is 6.07 Å². The van der Waals surface area contributed by atoms with Gasteiger partial charge in [0, 0.05) is 12.6 Å². The fourth-order valence-electron chi connectivity index (χ4n) is 1.53. The highest BCUT2D eigenvalue weighted by atomic mass is 19.4. The molecule has 1 aromatic carbocycles. The molecule has 0 fully saturated rings. The Hall–Kier alpha value is -2.00. The summed E-state index contributed by atoms with van der Waals surface area (Å²) in [6.07, 6.45) is -4.57. The smallest absolute Gasteiger partial charge is 0.420 e. The molecule has 0 atom stereocenters. The number of benzene rings is 1. The number of ether oxygens (including phenoxy) is 1. The largest absolute Gasteiger partial charge is 0.489 e. The van der Waals surface area contributed by atoms with Gasteiger partial charge in [0.15, 0.2) is 0 Å². The van der Waals surface area contributed by atoms with Crippen LogP contribution in [0.4, 0.5) is 13.2 Å². The van der Waals surface area contributed by atoms with Gasteiger partial charge in [-0.15, -0.1) is 0 Å². The van der Waals surface area contributed by atoms with Crippen molar-refractivity contribution in [3.63, 3.8) is 0 Å². The molecule has 0 aliphatic rings. The molecule has 0 saturated carbocycles. The zero-order valence-electron chi connectivity index (χ0n) is 11.9. The summed E-state index contributed by atoms with van der Waals surface area (Å²) in [5.41, 5.74) is -0.373. The molecular weight excluding hydrogens is 281 g/mol. The molecule has 0 bridgehead atoms. The molecule has 0 radical (unpaired) electrons. The third-order valence-electron chi connectivity index (χ3n) is 2.61. The topological polar surface area (TPSA) is 45.0 Å². The number of nitriles is 1. The number of halogens is 3. The van der Waals surface area contributed by atoms with Crippen LogP contribution in [0, 0.1) is 11.3 Å². The minimum Gasteiger partial charge on any atom is -0.489 e. The van der Waals surface area contributed by atoms with Crippen molar-refractivity contribution in [2.75, 3.05) is 13.2 Å². The summed E-state index contributed by atoms with van der Waals surface area (Å²) in [7, 11) is 0. The van der Waals surface area contributed by atoms with Gasteiger partial charge in [0.25, 0.3) is 0 Å². The van der Waals surface area contributed by atoms with E-state index in [1.807, 2.05) is 13.8 Å². The van der Waals surface area contributed by atoms with Gasteiger partial charge >= 0.3 is 6.18 Å². The fraction of sp³-hybridized carbons (Fsp3) is 0.400. The first-order chi connectivity index (χ1) is 9.74. The minimum atomic E-state index is -4.57. The molecule has 0 aliphatic carbocycles. The van der Waals surface area contributed by atoms with E-state index in [-0.39, 0.29) is 24.0 Å². The summed E-state index contributed by atoms with van der Waals surface area (Å²) >= 11 is 0. The quantitative estimate of drug-likeness (QED) is 0.817. The average Bonchev–Trinajstić information content (AvgIpc) is 2.41. The number of hydrogen-bond acceptors (Lipinski definition) is 3. The Kier molecular flexibility index (Phi) is 5.79. The Morgan fingerprint density at radius 3 is 2.62 bits per heavy atom. The first-order valence-electron chi connectivity index (χ1n) is 6.38. The van der Waals surface area contributed by atoms with Crippen molar-refractivity contribution in [2.45, 2.75) is 26.1 Å². The highest BCUT2D eigenvalue weighted by molar-refractivity contribution is 5.43. The van der Waals surface area contributed by atoms with Crippen molar-refractivity contribution in [1.82, 2.24) is 5.32 Å². The van der Waals surface area contributed by atoms with Crippen LogP contribution in [-0.2, 0) is 6.18 Å². The van der Waals surface area contributed by atoms with Crippen LogP contribution in [0.5, 0.6) is 5.75 Å². The Labute approximate surface area is 122 Å². The van der Waals surface area contributed by atoms with E-state index in [4.69, 9.17) is 10.00 Å². The summed E-state index contributed by atoms with van der Waals surface area (Å²) in [6, 6.07) is 5.16. The van der Waals surface area contributed by atoms with Crippen LogP contribution in [-0.4, -0.2) is 19.2 Å². The van der Waals surface area contributed by atoms with E-state index in [0.29, 0.717) is 12.1 Å². The molecular formula is C15H17F3N2O. The van der Waals surface area contributed by atoms with E-state index >= 15 is 0 Å². The Balaban J connectivity index is 2.80. The van der Waals surface area contributed by atoms with Gasteiger partial charge in [-0.05, 0) is 23.8 Å². The first-order valence-corrected chi connectivity index (χ1v) is 6.38. The number of nitrogens with zero attached hydrogens (tertiary/aromatic N) is 1. The molecule has 6 heteroatoms. The van der Waals surface area contributed by atoms with Gasteiger partial charge in [0.05, 0.1) is 17.2 Å². The summed E-state index contributed by atoms with van der Waals surface area (Å²) < 4.78 is 43.9. The standard InChI is InChI=1S/C15H17F3N2O/c1-10(2)20-8-11(3)9-21-14-5-4-12(7-19)6-13(14)15(16,17)18/h4-6,10,20H,3,8-9H2,1-2H3. The molecule has 114 valence electrons. The van der Waals surface area contributed by atoms with Crippen LogP contribution in [0.25, 0.3) is 0 Å². The SMILES string of the molecule is C=C(CNC(C)C)COc1ccc(C#N)cc1C(F)(F)F. The Bertz CT molecular complexity index is 545. The summed E-state index contributed by atoms with van der Waals surface area (Å²) in [5, 5.41) is 11.8. The van der Waals surface area contributed by atoms with Crippen LogP contribution in [0.15, 0.2) is 30.4 Å². The van der Waals surface area contributed by atoms with Gasteiger partial charge in [-0.2, -0.15) is 18.4 Å². The molecule has 3 nitrogen and oxygen atoms in total. The fourth-order valence-corrected chi connectivity index (χ4v) is 1.53. The van der Waals surface area contributed by atoms with Gasteiger partial charge < -0.3 is 10.1 Å². The van der Waals surface area contributed by atoms with Crippen molar-refractivity contribution in [2.24, 2.45) is 0 Å². The number of nitrogens with one attached hydrogen (secondary N) is 1. The second-order valence-corrected chi connectivity index (χ2v) is 4.89. The molecule has 0 aromatic heterocycles. The van der Waals surface area contributed by atoms with Crippen molar-refractivity contribution < 1.29 is 17.9 Å². The maximum Gasteiger partial charge on any atom is 0.420 e. The summed E-state index contributed by atoms with van der Waals surface area (Å²) in [5.74, 6) is -0.299. The third kappa shape index (κ3) is 5.48. The lowest BCUT2D eigenvalue weighted by molar-refractivity contribution is -0.138. The molecule has 0 amide bonds. The maximum absolute atomic E-state index is 12.9. The van der Waals surface area contributed by atoms with Gasteiger partial charge in [-0.1, -0.05) is 20.4 Å². The van der Waals surface area contributed by atoms with Gasteiger partial charge in [-0.25, -0.2) is 0 Å². The molecule has 0 aliphatic heterocycles. The van der Waals surface area contributed by atoms with E-state index in [9.17, 15) is 13.2 Å². The summed E-state index contributed by atoms with van der Waals surface area (Å²) in [6.45, 7) is 8.10. The zero-order valence-corrected chi connectivity index (χ0v) is 11.9. The molecule has 1 N–H and O–H groups in total. The van der Waals surface area contributed by atoms with Crippen LogP contribution < -0.4 is 10.1 Å². The Morgan fingerprint density at radius 1 is 1.43 bits per heavy atom. The number of hydrogen-bond donors (Lipinski definition) is 1. The highest BCUT2D eigenvalue weighted by Crippen LogP contribution is 2.36. The lowest BCUT2D eigenvalue weighted by Gasteiger charge is -2.16. The van der Waals surface area contributed by atoms with E-state index in [1.165, 1.54) is 6.07 Å². The minimum absolute atomic E-state index is 0.0191. The summed E-state index contributed by atoms with van der Waals surface area (Å²) in [4.78, 5) is 0. The predicted molar refractivity (Wildman–Crippen MR) is 73.9 cm³/mol. The van der Waals surface area contributed by atoms with Gasteiger partial charge in [-0.3, -0.25) is 0 Å². The second-order valence-electron chi connectivity index (χ2n) is 4.89. The number of alkyl halides is 3. The molecule has 0 heterocycles. The molecule has 1 aromatic rings. The van der Waals surface area contributed by atoms with Crippen LogP contribution in [0.1, 0.15) is 25.0 Å². The van der Waals surface area contributed by atoms with Crippen molar-refractivity contribution in [3.8, 4) is 11.8 Å². The first kappa shape index (κ1) is 17.1. The van der Waals surface area contributed by atoms with Gasteiger partial charge in [0.2, 0.25) is 0 Å². The van der Waals surface area contributed by atoms with E-state index in [2.05, 4.69) is 11.9 Å². The van der Waals surface area contributed by atoms with Crippen LogP contribution in [0.2, 0.25) is 0 Å². The lowest BCUT2D eigenvalue weighted by atomic mass is 10.1. The molecule has 0 saturated heterocycles. The third-order valence-corrected chi connectivity index (χ3v) is 2.61. The molecule has 1 rings (SSSR count). The zero-order chi connectivity index (χ0) is 16.0. The van der Waals surface area contributed by atoms with Crippen molar-refractivity contribution in [1.29, 1.82) is 5.26 Å². The predicted octanol–water partition coefficient (Wildman–Crippen LogP) is 3.51. The van der Waals surface area contributed by atoms with E-state index < -0.39 is 11.7 Å². The number of rotatable bonds is 6. The van der Waals surface area contributed by atoms with Crippen LogP contribution >= 0.6 is 0 Å². The van der Waals surface area contributed by atoms with E-state index in [0.717, 1.165) is 12.1 Å². The second kappa shape index (κ2) is 7.14. The molecule has 21 heavy (non-hydrogen) atoms. The highest BCUT2D eigenvalue weighted by Gasteiger charge is 2.34.